The van der Waals surface area contributed by atoms with Gasteiger partial charge < -0.3 is 9.84 Å². The normalized spacial score (nSPS) is 10.6. The summed E-state index contributed by atoms with van der Waals surface area (Å²) in [7, 11) is 0. The first-order chi connectivity index (χ1) is 5.57. The van der Waals surface area contributed by atoms with Gasteiger partial charge in [-0.2, -0.15) is 0 Å². The Kier molecular flexibility index (Phi) is 4.45. The van der Waals surface area contributed by atoms with Gasteiger partial charge in [-0.1, -0.05) is 12.7 Å². The molecule has 0 aromatic heterocycles. The van der Waals surface area contributed by atoms with Gasteiger partial charge in [-0.15, -0.1) is 0 Å². The number of aliphatic carboxylic acids is 1. The highest BCUT2D eigenvalue weighted by Gasteiger charge is 2.05. The first kappa shape index (κ1) is 10.4. The van der Waals surface area contributed by atoms with Crippen LogP contribution in [0, 0.1) is 0 Å². The van der Waals surface area contributed by atoms with E-state index in [1.54, 1.807) is 0 Å². The van der Waals surface area contributed by atoms with Gasteiger partial charge in [0.2, 0.25) is 0 Å². The van der Waals surface area contributed by atoms with E-state index < -0.39 is 11.9 Å². The maximum atomic E-state index is 10.8. The van der Waals surface area contributed by atoms with Gasteiger partial charge in [0.15, 0.2) is 0 Å². The van der Waals surface area contributed by atoms with Crippen LogP contribution < -0.4 is 0 Å². The Hall–Kier alpha value is -1.58. The molecule has 0 aromatic carbocycles. The molecule has 0 saturated carbocycles. The molecule has 0 saturated heterocycles. The third kappa shape index (κ3) is 4.27. The number of ether oxygens (including phenoxy) is 1. The van der Waals surface area contributed by atoms with E-state index in [-0.39, 0.29) is 12.2 Å². The molecule has 12 heavy (non-hydrogen) atoms. The predicted molar refractivity (Wildman–Crippen MR) is 42.5 cm³/mol. The van der Waals surface area contributed by atoms with E-state index in [0.29, 0.717) is 0 Å². The molecular formula is C8H10O4. The molecule has 0 unspecified atom stereocenters. The van der Waals surface area contributed by atoms with Crippen molar-refractivity contribution >= 4 is 11.9 Å². The van der Waals surface area contributed by atoms with Crippen molar-refractivity contribution in [3.63, 3.8) is 0 Å². The molecule has 1 N–H and O–H groups in total. The summed E-state index contributed by atoms with van der Waals surface area (Å²) in [6, 6.07) is 0. The smallest absolute Gasteiger partial charge is 0.334 e. The van der Waals surface area contributed by atoms with E-state index in [2.05, 4.69) is 11.3 Å². The molecule has 66 valence electrons. The Labute approximate surface area is 70.1 Å². The Morgan fingerprint density at radius 2 is 2.17 bits per heavy atom. The van der Waals surface area contributed by atoms with E-state index in [1.165, 1.54) is 13.0 Å². The number of rotatable bonds is 4. The number of carboxylic acid groups (broad SMARTS) is 1. The Balaban J connectivity index is 4.09. The van der Waals surface area contributed by atoms with Crippen LogP contribution in [0.5, 0.6) is 0 Å². The number of esters is 1. The first-order valence-corrected chi connectivity index (χ1v) is 3.27. The summed E-state index contributed by atoms with van der Waals surface area (Å²) >= 11 is 0. The van der Waals surface area contributed by atoms with Gasteiger partial charge in [0, 0.05) is 11.6 Å². The minimum absolute atomic E-state index is 0.0596. The highest BCUT2D eigenvalue weighted by molar-refractivity contribution is 5.95. The molecule has 0 atom stereocenters. The molecule has 0 aliphatic rings. The maximum absolute atomic E-state index is 10.8. The molecule has 0 fully saturated rings. The lowest BCUT2D eigenvalue weighted by atomic mass is 10.3. The van der Waals surface area contributed by atoms with Crippen molar-refractivity contribution in [1.82, 2.24) is 0 Å². The van der Waals surface area contributed by atoms with Gasteiger partial charge in [-0.05, 0) is 6.92 Å². The van der Waals surface area contributed by atoms with Crippen molar-refractivity contribution in [2.75, 3.05) is 6.61 Å². The Morgan fingerprint density at radius 1 is 1.58 bits per heavy atom. The lowest BCUT2D eigenvalue weighted by molar-refractivity contribution is -0.138. The van der Waals surface area contributed by atoms with Crippen LogP contribution in [0.4, 0.5) is 0 Å². The zero-order chi connectivity index (χ0) is 9.56. The van der Waals surface area contributed by atoms with Crippen LogP contribution in [0.2, 0.25) is 0 Å². The average molecular weight is 170 g/mol. The second kappa shape index (κ2) is 5.12. The number of carbonyl (C=O) groups excluding carboxylic acids is 1. The van der Waals surface area contributed by atoms with Crippen LogP contribution in [0.3, 0.4) is 0 Å². The Morgan fingerprint density at radius 3 is 2.58 bits per heavy atom. The topological polar surface area (TPSA) is 63.6 Å². The standard InChI is InChI=1S/C8H10O4/c1-3-4-12-8(11)6(2)5-7(9)10/h3,5H,1,4H2,2H3,(H,9,10)/b6-5+. The quantitative estimate of drug-likeness (QED) is 0.384. The molecule has 4 heteroatoms. The Bertz CT molecular complexity index is 227. The molecular weight excluding hydrogens is 160 g/mol. The van der Waals surface area contributed by atoms with Gasteiger partial charge in [0.1, 0.15) is 6.61 Å². The van der Waals surface area contributed by atoms with Gasteiger partial charge in [0.25, 0.3) is 0 Å². The van der Waals surface area contributed by atoms with Crippen molar-refractivity contribution in [1.29, 1.82) is 0 Å². The van der Waals surface area contributed by atoms with E-state index in [0.717, 1.165) is 6.08 Å². The van der Waals surface area contributed by atoms with Crippen LogP contribution in [-0.2, 0) is 14.3 Å². The summed E-state index contributed by atoms with van der Waals surface area (Å²) < 4.78 is 4.57. The summed E-state index contributed by atoms with van der Waals surface area (Å²) in [5.41, 5.74) is 0.0596. The monoisotopic (exact) mass is 170 g/mol. The zero-order valence-electron chi connectivity index (χ0n) is 6.74. The number of hydrogen-bond donors (Lipinski definition) is 1. The summed E-state index contributed by atoms with van der Waals surface area (Å²) in [4.78, 5) is 20.9. The molecule has 4 nitrogen and oxygen atoms in total. The van der Waals surface area contributed by atoms with Crippen LogP contribution in [0.1, 0.15) is 6.92 Å². The lowest BCUT2D eigenvalue weighted by Gasteiger charge is -1.99. The number of hydrogen-bond acceptors (Lipinski definition) is 3. The van der Waals surface area contributed by atoms with Crippen LogP contribution in [0.25, 0.3) is 0 Å². The third-order valence-electron chi connectivity index (χ3n) is 0.994. The van der Waals surface area contributed by atoms with E-state index >= 15 is 0 Å². The van der Waals surface area contributed by atoms with Crippen molar-refractivity contribution < 1.29 is 19.4 Å². The maximum Gasteiger partial charge on any atom is 0.334 e. The SMILES string of the molecule is C=CCOC(=O)/C(C)=C/C(=O)O. The summed E-state index contributed by atoms with van der Waals surface area (Å²) in [5, 5.41) is 8.25. The molecule has 0 aliphatic carbocycles. The fraction of sp³-hybridized carbons (Fsp3) is 0.250. The summed E-state index contributed by atoms with van der Waals surface area (Å²) in [5.74, 6) is -1.81. The molecule has 0 bridgehead atoms. The van der Waals surface area contributed by atoms with E-state index in [4.69, 9.17) is 5.11 Å². The van der Waals surface area contributed by atoms with Crippen LogP contribution in [-0.4, -0.2) is 23.7 Å². The van der Waals surface area contributed by atoms with Gasteiger partial charge >= 0.3 is 11.9 Å². The minimum atomic E-state index is -1.16. The molecule has 0 spiro atoms. The van der Waals surface area contributed by atoms with Crippen LogP contribution in [0.15, 0.2) is 24.3 Å². The molecule has 0 amide bonds. The molecule has 0 aromatic rings. The van der Waals surface area contributed by atoms with Crippen LogP contribution >= 0.6 is 0 Å². The molecule has 0 rings (SSSR count). The van der Waals surface area contributed by atoms with Crippen molar-refractivity contribution in [2.24, 2.45) is 0 Å². The minimum Gasteiger partial charge on any atom is -0.478 e. The zero-order valence-corrected chi connectivity index (χ0v) is 6.74. The first-order valence-electron chi connectivity index (χ1n) is 3.27. The van der Waals surface area contributed by atoms with Gasteiger partial charge in [-0.25, -0.2) is 9.59 Å². The third-order valence-corrected chi connectivity index (χ3v) is 0.994. The fourth-order valence-corrected chi connectivity index (χ4v) is 0.493. The summed E-state index contributed by atoms with van der Waals surface area (Å²) in [6.07, 6.45) is 2.21. The summed E-state index contributed by atoms with van der Waals surface area (Å²) in [6.45, 7) is 4.80. The average Bonchev–Trinajstić information content (AvgIpc) is 1.98. The molecule has 0 heterocycles. The van der Waals surface area contributed by atoms with Crippen molar-refractivity contribution in [3.8, 4) is 0 Å². The van der Waals surface area contributed by atoms with Crippen molar-refractivity contribution in [3.05, 3.63) is 24.3 Å². The molecule has 0 aliphatic heterocycles. The highest BCUT2D eigenvalue weighted by atomic mass is 16.5. The number of carbonyl (C=O) groups is 2. The second-order valence-corrected chi connectivity index (χ2v) is 2.05. The second-order valence-electron chi connectivity index (χ2n) is 2.05. The molecule has 0 radical (unpaired) electrons. The largest absolute Gasteiger partial charge is 0.478 e. The fourth-order valence-electron chi connectivity index (χ4n) is 0.493. The van der Waals surface area contributed by atoms with Crippen molar-refractivity contribution in [2.45, 2.75) is 6.92 Å². The van der Waals surface area contributed by atoms with Gasteiger partial charge in [-0.3, -0.25) is 0 Å². The van der Waals surface area contributed by atoms with E-state index in [9.17, 15) is 9.59 Å². The highest BCUT2D eigenvalue weighted by Crippen LogP contribution is 1.95. The van der Waals surface area contributed by atoms with E-state index in [1.807, 2.05) is 0 Å². The number of carboxylic acids is 1. The van der Waals surface area contributed by atoms with Gasteiger partial charge in [0.05, 0.1) is 0 Å². The predicted octanol–water partition coefficient (Wildman–Crippen LogP) is 0.746. The lowest BCUT2D eigenvalue weighted by Crippen LogP contribution is -2.07.